The molecule has 9 nitrogen and oxygen atoms in total. The number of nitrogens with zero attached hydrogens (tertiary/aromatic N) is 4. The van der Waals surface area contributed by atoms with Crippen molar-refractivity contribution in [3.05, 3.63) is 17.6 Å². The van der Waals surface area contributed by atoms with E-state index in [1.807, 2.05) is 6.92 Å². The quantitative estimate of drug-likeness (QED) is 0.675. The van der Waals surface area contributed by atoms with E-state index < -0.39 is 9.84 Å². The SMILES string of the molecule is CCCc1nc(SCC(=O)Nc2cc(C)nn2C2CCS(=O)(=O)C2)n[nH]1. The van der Waals surface area contributed by atoms with Crippen LogP contribution in [0.1, 0.15) is 37.3 Å². The largest absolute Gasteiger partial charge is 0.310 e. The minimum Gasteiger partial charge on any atom is -0.310 e. The summed E-state index contributed by atoms with van der Waals surface area (Å²) in [6.07, 6.45) is 2.31. The Morgan fingerprint density at radius 3 is 3.00 bits per heavy atom. The highest BCUT2D eigenvalue weighted by molar-refractivity contribution is 7.99. The van der Waals surface area contributed by atoms with Crippen LogP contribution in [0.2, 0.25) is 0 Å². The van der Waals surface area contributed by atoms with E-state index in [0.717, 1.165) is 24.4 Å². The molecule has 0 spiro atoms. The highest BCUT2D eigenvalue weighted by atomic mass is 32.2. The first-order chi connectivity index (χ1) is 12.4. The summed E-state index contributed by atoms with van der Waals surface area (Å²) in [5.41, 5.74) is 0.732. The number of aromatic amines is 1. The molecule has 1 amide bonds. The minimum atomic E-state index is -3.03. The first-order valence-corrected chi connectivity index (χ1v) is 11.3. The number of H-pyrrole nitrogens is 1. The minimum absolute atomic E-state index is 0.0587. The van der Waals surface area contributed by atoms with Gasteiger partial charge in [0, 0.05) is 12.5 Å². The van der Waals surface area contributed by atoms with Gasteiger partial charge in [0.15, 0.2) is 9.84 Å². The zero-order chi connectivity index (χ0) is 18.7. The van der Waals surface area contributed by atoms with E-state index in [9.17, 15) is 13.2 Å². The number of sulfone groups is 1. The smallest absolute Gasteiger partial charge is 0.235 e. The van der Waals surface area contributed by atoms with Crippen LogP contribution >= 0.6 is 11.8 Å². The van der Waals surface area contributed by atoms with E-state index >= 15 is 0 Å². The van der Waals surface area contributed by atoms with Gasteiger partial charge in [-0.05, 0) is 19.8 Å². The standard InChI is InChI=1S/C15H22N6O3S2/c1-3-4-12-16-15(19-18-12)25-8-14(22)17-13-7-10(2)20-21(13)11-5-6-26(23,24)9-11/h7,11H,3-6,8-9H2,1-2H3,(H,17,22)(H,16,18,19). The molecule has 2 aromatic heterocycles. The Morgan fingerprint density at radius 2 is 2.31 bits per heavy atom. The molecule has 26 heavy (non-hydrogen) atoms. The summed E-state index contributed by atoms with van der Waals surface area (Å²) in [5, 5.41) is 14.6. The Balaban J connectivity index is 1.60. The average molecular weight is 399 g/mol. The van der Waals surface area contributed by atoms with Gasteiger partial charge in [0.1, 0.15) is 11.6 Å². The van der Waals surface area contributed by atoms with Gasteiger partial charge in [0.05, 0.1) is 29.0 Å². The van der Waals surface area contributed by atoms with Crippen LogP contribution in [0.4, 0.5) is 5.82 Å². The van der Waals surface area contributed by atoms with Crippen molar-refractivity contribution in [2.45, 2.75) is 44.3 Å². The first-order valence-electron chi connectivity index (χ1n) is 8.47. The van der Waals surface area contributed by atoms with Gasteiger partial charge in [-0.25, -0.2) is 18.1 Å². The van der Waals surface area contributed by atoms with Crippen LogP contribution in [-0.4, -0.2) is 56.5 Å². The number of hydrogen-bond donors (Lipinski definition) is 2. The molecule has 0 saturated carbocycles. The van der Waals surface area contributed by atoms with Crippen molar-refractivity contribution in [1.29, 1.82) is 0 Å². The van der Waals surface area contributed by atoms with E-state index in [2.05, 4.69) is 32.5 Å². The molecule has 0 bridgehead atoms. The van der Waals surface area contributed by atoms with Crippen LogP contribution in [0, 0.1) is 6.92 Å². The van der Waals surface area contributed by atoms with E-state index in [-0.39, 0.29) is 29.2 Å². The predicted octanol–water partition coefficient (Wildman–Crippen LogP) is 1.35. The molecule has 1 fully saturated rings. The second kappa shape index (κ2) is 7.78. The summed E-state index contributed by atoms with van der Waals surface area (Å²) >= 11 is 1.25. The third kappa shape index (κ3) is 4.64. The highest BCUT2D eigenvalue weighted by Crippen LogP contribution is 2.27. The lowest BCUT2D eigenvalue weighted by molar-refractivity contribution is -0.113. The van der Waals surface area contributed by atoms with Gasteiger partial charge >= 0.3 is 0 Å². The number of anilines is 1. The van der Waals surface area contributed by atoms with Crippen molar-refractivity contribution in [1.82, 2.24) is 25.0 Å². The summed E-state index contributed by atoms with van der Waals surface area (Å²) in [4.78, 5) is 16.6. The normalized spacial score (nSPS) is 18.9. The molecule has 0 aliphatic carbocycles. The second-order valence-corrected chi connectivity index (χ2v) is 9.50. The monoisotopic (exact) mass is 398 g/mol. The Morgan fingerprint density at radius 1 is 1.50 bits per heavy atom. The van der Waals surface area contributed by atoms with Crippen LogP contribution in [0.25, 0.3) is 0 Å². The fraction of sp³-hybridized carbons (Fsp3) is 0.600. The lowest BCUT2D eigenvalue weighted by atomic mass is 10.3. The number of carbonyl (C=O) groups excluding carboxylic acids is 1. The maximum atomic E-state index is 12.3. The predicted molar refractivity (Wildman–Crippen MR) is 99.0 cm³/mol. The van der Waals surface area contributed by atoms with E-state index in [0.29, 0.717) is 17.4 Å². The van der Waals surface area contributed by atoms with Gasteiger partial charge < -0.3 is 5.32 Å². The molecular formula is C15H22N6O3S2. The molecule has 1 atom stereocenters. The third-order valence-electron chi connectivity index (χ3n) is 4.01. The van der Waals surface area contributed by atoms with Gasteiger partial charge in [-0.15, -0.1) is 5.10 Å². The van der Waals surface area contributed by atoms with Crippen LogP contribution in [-0.2, 0) is 21.1 Å². The fourth-order valence-electron chi connectivity index (χ4n) is 2.86. The number of thioether (sulfide) groups is 1. The van der Waals surface area contributed by atoms with E-state index in [1.165, 1.54) is 11.8 Å². The molecule has 2 N–H and O–H groups in total. The zero-order valence-electron chi connectivity index (χ0n) is 14.7. The molecule has 2 aromatic rings. The maximum absolute atomic E-state index is 12.3. The molecule has 3 rings (SSSR count). The number of aromatic nitrogens is 5. The second-order valence-electron chi connectivity index (χ2n) is 6.32. The molecule has 0 aromatic carbocycles. The van der Waals surface area contributed by atoms with Gasteiger partial charge in [-0.3, -0.25) is 9.89 Å². The van der Waals surface area contributed by atoms with Crippen molar-refractivity contribution in [2.75, 3.05) is 22.6 Å². The molecule has 142 valence electrons. The van der Waals surface area contributed by atoms with Crippen LogP contribution in [0.15, 0.2) is 11.2 Å². The average Bonchev–Trinajstić information content (AvgIpc) is 3.25. The number of carbonyl (C=O) groups is 1. The Hall–Kier alpha value is -1.88. The van der Waals surface area contributed by atoms with E-state index in [4.69, 9.17) is 0 Å². The molecule has 1 aliphatic heterocycles. The summed E-state index contributed by atoms with van der Waals surface area (Å²) in [5.74, 6) is 1.51. The van der Waals surface area contributed by atoms with Crippen molar-refractivity contribution in [2.24, 2.45) is 0 Å². The molecule has 1 unspecified atom stereocenters. The van der Waals surface area contributed by atoms with Crippen LogP contribution in [0.3, 0.4) is 0 Å². The van der Waals surface area contributed by atoms with Crippen molar-refractivity contribution in [3.8, 4) is 0 Å². The van der Waals surface area contributed by atoms with E-state index in [1.54, 1.807) is 10.7 Å². The Kier molecular flexibility index (Phi) is 5.66. The highest BCUT2D eigenvalue weighted by Gasteiger charge is 2.31. The fourth-order valence-corrected chi connectivity index (χ4v) is 5.17. The van der Waals surface area contributed by atoms with Gasteiger partial charge in [0.2, 0.25) is 11.1 Å². The number of hydrogen-bond acceptors (Lipinski definition) is 7. The Bertz CT molecular complexity index is 889. The molecular weight excluding hydrogens is 376 g/mol. The summed E-state index contributed by atoms with van der Waals surface area (Å²) < 4.78 is 25.0. The molecule has 0 radical (unpaired) electrons. The van der Waals surface area contributed by atoms with Crippen molar-refractivity contribution in [3.63, 3.8) is 0 Å². The van der Waals surface area contributed by atoms with Crippen LogP contribution < -0.4 is 5.32 Å². The maximum Gasteiger partial charge on any atom is 0.235 e. The summed E-state index contributed by atoms with van der Waals surface area (Å²) in [7, 11) is -3.03. The summed E-state index contributed by atoms with van der Waals surface area (Å²) in [6.45, 7) is 3.87. The summed E-state index contributed by atoms with van der Waals surface area (Å²) in [6, 6.07) is 1.51. The van der Waals surface area contributed by atoms with Crippen LogP contribution in [0.5, 0.6) is 0 Å². The third-order valence-corrected chi connectivity index (χ3v) is 6.61. The van der Waals surface area contributed by atoms with Gasteiger partial charge in [-0.2, -0.15) is 5.10 Å². The zero-order valence-corrected chi connectivity index (χ0v) is 16.4. The topological polar surface area (TPSA) is 123 Å². The molecule has 11 heteroatoms. The molecule has 1 aliphatic rings. The Labute approximate surface area is 156 Å². The number of aryl methyl sites for hydroxylation is 2. The van der Waals surface area contributed by atoms with Crippen molar-refractivity contribution < 1.29 is 13.2 Å². The molecule has 1 saturated heterocycles. The lowest BCUT2D eigenvalue weighted by Crippen LogP contribution is -2.20. The first kappa shape index (κ1) is 18.9. The number of rotatable bonds is 7. The van der Waals surface area contributed by atoms with Crippen molar-refractivity contribution >= 4 is 33.3 Å². The van der Waals surface area contributed by atoms with Gasteiger partial charge in [-0.1, -0.05) is 18.7 Å². The molecule has 3 heterocycles. The number of nitrogens with one attached hydrogen (secondary N) is 2. The van der Waals surface area contributed by atoms with Gasteiger partial charge in [0.25, 0.3) is 0 Å². The number of amides is 1. The lowest BCUT2D eigenvalue weighted by Gasteiger charge is -2.13.